The molecule has 0 bridgehead atoms. The van der Waals surface area contributed by atoms with Gasteiger partial charge in [-0.3, -0.25) is 9.69 Å². The first-order chi connectivity index (χ1) is 8.07. The van der Waals surface area contributed by atoms with Gasteiger partial charge in [0.1, 0.15) is 0 Å². The second kappa shape index (κ2) is 5.36. The standard InChI is InChI=1S/C13H25N3O/c1-13(2)4-3-7-15(11-13)10-12(17)16-8-5-14-6-9-16/h14H,3-11H2,1-2H3. The van der Waals surface area contributed by atoms with E-state index >= 15 is 0 Å². The van der Waals surface area contributed by atoms with Crippen LogP contribution in [-0.2, 0) is 4.79 Å². The molecule has 0 aromatic rings. The lowest BCUT2D eigenvalue weighted by Gasteiger charge is -2.38. The molecule has 2 fully saturated rings. The predicted molar refractivity (Wildman–Crippen MR) is 68.9 cm³/mol. The molecule has 1 amide bonds. The largest absolute Gasteiger partial charge is 0.339 e. The number of likely N-dealkylation sites (tertiary alicyclic amines) is 1. The van der Waals surface area contributed by atoms with Gasteiger partial charge in [-0.15, -0.1) is 0 Å². The molecule has 0 radical (unpaired) electrons. The number of nitrogens with one attached hydrogen (secondary N) is 1. The summed E-state index contributed by atoms with van der Waals surface area (Å²) in [5.41, 5.74) is 0.377. The van der Waals surface area contributed by atoms with E-state index in [2.05, 4.69) is 24.1 Å². The van der Waals surface area contributed by atoms with Gasteiger partial charge in [-0.25, -0.2) is 0 Å². The lowest BCUT2D eigenvalue weighted by atomic mass is 9.84. The Morgan fingerprint density at radius 3 is 2.59 bits per heavy atom. The van der Waals surface area contributed by atoms with Crippen LogP contribution < -0.4 is 5.32 Å². The summed E-state index contributed by atoms with van der Waals surface area (Å²) in [5, 5.41) is 3.28. The van der Waals surface area contributed by atoms with Gasteiger partial charge in [0.25, 0.3) is 0 Å². The Kier molecular flexibility index (Phi) is 4.05. The number of nitrogens with zero attached hydrogens (tertiary/aromatic N) is 2. The monoisotopic (exact) mass is 239 g/mol. The van der Waals surface area contributed by atoms with Crippen molar-refractivity contribution in [3.8, 4) is 0 Å². The molecule has 0 aromatic carbocycles. The highest BCUT2D eigenvalue weighted by Gasteiger charge is 2.28. The quantitative estimate of drug-likeness (QED) is 0.764. The highest BCUT2D eigenvalue weighted by atomic mass is 16.2. The fourth-order valence-electron chi connectivity index (χ4n) is 2.89. The highest BCUT2D eigenvalue weighted by molar-refractivity contribution is 5.78. The van der Waals surface area contributed by atoms with Crippen molar-refractivity contribution >= 4 is 5.91 Å². The Bertz CT molecular complexity index is 272. The summed E-state index contributed by atoms with van der Waals surface area (Å²) in [5.74, 6) is 0.309. The Hall–Kier alpha value is -0.610. The lowest BCUT2D eigenvalue weighted by molar-refractivity contribution is -0.133. The zero-order valence-corrected chi connectivity index (χ0v) is 11.2. The molecule has 2 heterocycles. The molecule has 1 N–H and O–H groups in total. The number of amides is 1. The van der Waals surface area contributed by atoms with Crippen molar-refractivity contribution in [3.05, 3.63) is 0 Å². The SMILES string of the molecule is CC1(C)CCCN(CC(=O)N2CCNCC2)C1. The maximum absolute atomic E-state index is 12.1. The first-order valence-corrected chi connectivity index (χ1v) is 6.78. The normalized spacial score (nSPS) is 25.9. The molecule has 2 rings (SSSR count). The molecule has 0 aliphatic carbocycles. The van der Waals surface area contributed by atoms with Gasteiger partial charge in [0.05, 0.1) is 6.54 Å². The smallest absolute Gasteiger partial charge is 0.236 e. The van der Waals surface area contributed by atoms with Crippen LogP contribution in [0.25, 0.3) is 0 Å². The van der Waals surface area contributed by atoms with Crippen LogP contribution in [0.5, 0.6) is 0 Å². The molecule has 2 saturated heterocycles. The van der Waals surface area contributed by atoms with Gasteiger partial charge in [0, 0.05) is 32.7 Å². The summed E-state index contributed by atoms with van der Waals surface area (Å²) in [6, 6.07) is 0. The summed E-state index contributed by atoms with van der Waals surface area (Å²) < 4.78 is 0. The third kappa shape index (κ3) is 3.68. The van der Waals surface area contributed by atoms with E-state index in [1.54, 1.807) is 0 Å². The number of piperidine rings is 1. The van der Waals surface area contributed by atoms with Gasteiger partial charge in [0.15, 0.2) is 0 Å². The zero-order chi connectivity index (χ0) is 12.3. The number of piperazine rings is 1. The molecular weight excluding hydrogens is 214 g/mol. The molecule has 0 spiro atoms. The van der Waals surface area contributed by atoms with Crippen molar-refractivity contribution in [1.82, 2.24) is 15.1 Å². The third-order valence-corrected chi connectivity index (χ3v) is 3.81. The number of carbonyl (C=O) groups is 1. The Balaban J connectivity index is 1.81. The molecule has 0 saturated carbocycles. The first kappa shape index (κ1) is 12.8. The second-order valence-electron chi connectivity index (χ2n) is 6.11. The minimum Gasteiger partial charge on any atom is -0.339 e. The van der Waals surface area contributed by atoms with E-state index in [4.69, 9.17) is 0 Å². The number of rotatable bonds is 2. The maximum Gasteiger partial charge on any atom is 0.236 e. The number of carbonyl (C=O) groups excluding carboxylic acids is 1. The Morgan fingerprint density at radius 1 is 1.24 bits per heavy atom. The summed E-state index contributed by atoms with van der Waals surface area (Å²) in [6.45, 7) is 11.0. The van der Waals surface area contributed by atoms with E-state index in [1.165, 1.54) is 12.8 Å². The predicted octanol–water partition coefficient (Wildman–Crippen LogP) is 0.540. The molecule has 0 aromatic heterocycles. The molecule has 4 heteroatoms. The van der Waals surface area contributed by atoms with Crippen molar-refractivity contribution in [2.75, 3.05) is 45.8 Å². The third-order valence-electron chi connectivity index (χ3n) is 3.81. The van der Waals surface area contributed by atoms with Crippen molar-refractivity contribution in [2.45, 2.75) is 26.7 Å². The van der Waals surface area contributed by atoms with Crippen molar-refractivity contribution in [2.24, 2.45) is 5.41 Å². The van der Waals surface area contributed by atoms with Crippen LogP contribution in [0.2, 0.25) is 0 Å². The summed E-state index contributed by atoms with van der Waals surface area (Å²) in [4.78, 5) is 16.5. The van der Waals surface area contributed by atoms with Crippen LogP contribution in [0.15, 0.2) is 0 Å². The van der Waals surface area contributed by atoms with Gasteiger partial charge in [0.2, 0.25) is 5.91 Å². The Labute approximate surface area is 104 Å². The fourth-order valence-corrected chi connectivity index (χ4v) is 2.89. The van der Waals surface area contributed by atoms with Crippen molar-refractivity contribution < 1.29 is 4.79 Å². The highest BCUT2D eigenvalue weighted by Crippen LogP contribution is 2.28. The molecule has 0 unspecified atom stereocenters. The van der Waals surface area contributed by atoms with Gasteiger partial charge in [-0.2, -0.15) is 0 Å². The van der Waals surface area contributed by atoms with Gasteiger partial charge in [-0.1, -0.05) is 13.8 Å². The topological polar surface area (TPSA) is 35.6 Å². The number of hydrogen-bond donors (Lipinski definition) is 1. The van der Waals surface area contributed by atoms with Crippen LogP contribution in [-0.4, -0.2) is 61.5 Å². The van der Waals surface area contributed by atoms with E-state index in [9.17, 15) is 4.79 Å². The van der Waals surface area contributed by atoms with Crippen molar-refractivity contribution in [1.29, 1.82) is 0 Å². The van der Waals surface area contributed by atoms with E-state index < -0.39 is 0 Å². The first-order valence-electron chi connectivity index (χ1n) is 6.78. The van der Waals surface area contributed by atoms with Crippen molar-refractivity contribution in [3.63, 3.8) is 0 Å². The molecule has 4 nitrogen and oxygen atoms in total. The van der Waals surface area contributed by atoms with Gasteiger partial charge < -0.3 is 10.2 Å². The average Bonchev–Trinajstić information content (AvgIpc) is 2.29. The molecule has 98 valence electrons. The molecule has 17 heavy (non-hydrogen) atoms. The maximum atomic E-state index is 12.1. The lowest BCUT2D eigenvalue weighted by Crippen LogP contribution is -2.51. The van der Waals surface area contributed by atoms with E-state index in [-0.39, 0.29) is 0 Å². The van der Waals surface area contributed by atoms with Crippen LogP contribution in [0.1, 0.15) is 26.7 Å². The fraction of sp³-hybridized carbons (Fsp3) is 0.923. The van der Waals surface area contributed by atoms with E-state index in [1.807, 2.05) is 4.90 Å². The summed E-state index contributed by atoms with van der Waals surface area (Å²) in [6.07, 6.45) is 2.51. The zero-order valence-electron chi connectivity index (χ0n) is 11.2. The number of hydrogen-bond acceptors (Lipinski definition) is 3. The molecule has 2 aliphatic rings. The van der Waals surface area contributed by atoms with E-state index in [0.29, 0.717) is 17.9 Å². The van der Waals surface area contributed by atoms with Gasteiger partial charge >= 0.3 is 0 Å². The average molecular weight is 239 g/mol. The second-order valence-corrected chi connectivity index (χ2v) is 6.11. The minimum absolute atomic E-state index is 0.309. The minimum atomic E-state index is 0.309. The van der Waals surface area contributed by atoms with E-state index in [0.717, 1.165) is 39.3 Å². The van der Waals surface area contributed by atoms with Crippen LogP contribution in [0.3, 0.4) is 0 Å². The Morgan fingerprint density at radius 2 is 1.94 bits per heavy atom. The molecular formula is C13H25N3O. The van der Waals surface area contributed by atoms with Gasteiger partial charge in [-0.05, 0) is 24.8 Å². The summed E-state index contributed by atoms with van der Waals surface area (Å²) in [7, 11) is 0. The van der Waals surface area contributed by atoms with Crippen LogP contribution in [0, 0.1) is 5.41 Å². The van der Waals surface area contributed by atoms with Crippen LogP contribution >= 0.6 is 0 Å². The summed E-state index contributed by atoms with van der Waals surface area (Å²) >= 11 is 0. The molecule has 0 atom stereocenters. The van der Waals surface area contributed by atoms with Crippen LogP contribution in [0.4, 0.5) is 0 Å². The molecule has 2 aliphatic heterocycles.